The highest BCUT2D eigenvalue weighted by Gasteiger charge is 2.34. The van der Waals surface area contributed by atoms with E-state index in [1.807, 2.05) is 25.3 Å². The van der Waals surface area contributed by atoms with Crippen LogP contribution in [0.3, 0.4) is 0 Å². The fourth-order valence-corrected chi connectivity index (χ4v) is 2.48. The molecule has 1 aromatic heterocycles. The van der Waals surface area contributed by atoms with Gasteiger partial charge >= 0.3 is 5.97 Å². The molecule has 0 saturated carbocycles. The maximum absolute atomic E-state index is 12.2. The summed E-state index contributed by atoms with van der Waals surface area (Å²) in [5.41, 5.74) is 6.97. The normalized spacial score (nSPS) is 18.2. The molecule has 1 aromatic rings. The average molecular weight is 279 g/mol. The van der Waals surface area contributed by atoms with Gasteiger partial charge in [0.2, 0.25) is 0 Å². The van der Waals surface area contributed by atoms with E-state index in [0.29, 0.717) is 6.54 Å². The number of aryl methyl sites for hydroxylation is 1. The first-order valence-corrected chi connectivity index (χ1v) is 7.24. The Balaban J connectivity index is 2.12. The number of ether oxygens (including phenoxy) is 1. The second-order valence-corrected chi connectivity index (χ2v) is 6.89. The molecule has 1 unspecified atom stereocenters. The van der Waals surface area contributed by atoms with E-state index in [2.05, 4.69) is 4.98 Å². The maximum atomic E-state index is 12.2. The number of aromatic nitrogens is 2. The molecule has 2 rings (SSSR count). The van der Waals surface area contributed by atoms with Crippen molar-refractivity contribution >= 4 is 5.97 Å². The fraction of sp³-hybridized carbons (Fsp3) is 0.733. The Morgan fingerprint density at radius 1 is 1.35 bits per heavy atom. The molecule has 2 N–H and O–H groups in total. The topological polar surface area (TPSA) is 70.1 Å². The van der Waals surface area contributed by atoms with E-state index in [0.717, 1.165) is 18.5 Å². The van der Waals surface area contributed by atoms with E-state index in [1.54, 1.807) is 13.3 Å². The lowest BCUT2D eigenvalue weighted by molar-refractivity contribution is -0.161. The summed E-state index contributed by atoms with van der Waals surface area (Å²) in [6.07, 6.45) is 6.20. The molecule has 1 heterocycles. The van der Waals surface area contributed by atoms with Crippen molar-refractivity contribution in [2.45, 2.75) is 71.1 Å². The molecule has 20 heavy (non-hydrogen) atoms. The summed E-state index contributed by atoms with van der Waals surface area (Å²) in [7, 11) is 0. The number of carbonyl (C=O) groups excluding carboxylic acids is 1. The molecule has 0 fully saturated rings. The number of hydrogen-bond acceptors (Lipinski definition) is 4. The molecule has 0 amide bonds. The molecule has 1 atom stereocenters. The molecule has 0 spiro atoms. The quantitative estimate of drug-likeness (QED) is 0.857. The van der Waals surface area contributed by atoms with Crippen LogP contribution in [-0.4, -0.2) is 26.7 Å². The van der Waals surface area contributed by atoms with Crippen LogP contribution in [0.15, 0.2) is 6.33 Å². The van der Waals surface area contributed by atoms with Crippen LogP contribution in [0.4, 0.5) is 0 Å². The summed E-state index contributed by atoms with van der Waals surface area (Å²) in [5, 5.41) is 0. The van der Waals surface area contributed by atoms with Gasteiger partial charge in [0.25, 0.3) is 0 Å². The van der Waals surface area contributed by atoms with Crippen LogP contribution in [0.25, 0.3) is 0 Å². The number of carbonyl (C=O) groups is 1. The molecule has 5 nitrogen and oxygen atoms in total. The first-order chi connectivity index (χ1) is 9.19. The highest BCUT2D eigenvalue weighted by Crippen LogP contribution is 2.22. The molecule has 112 valence electrons. The fourth-order valence-electron chi connectivity index (χ4n) is 2.48. The number of rotatable bonds is 3. The third-order valence-electron chi connectivity index (χ3n) is 3.47. The van der Waals surface area contributed by atoms with Gasteiger partial charge in [-0.05, 0) is 53.4 Å². The molecular formula is C15H25N3O2. The predicted molar refractivity (Wildman–Crippen MR) is 77.3 cm³/mol. The maximum Gasteiger partial charge on any atom is 0.328 e. The molecule has 0 bridgehead atoms. The van der Waals surface area contributed by atoms with Crippen molar-refractivity contribution in [3.05, 3.63) is 17.7 Å². The zero-order valence-electron chi connectivity index (χ0n) is 12.9. The largest absolute Gasteiger partial charge is 0.459 e. The monoisotopic (exact) mass is 279 g/mol. The third kappa shape index (κ3) is 3.39. The van der Waals surface area contributed by atoms with Gasteiger partial charge < -0.3 is 15.0 Å². The minimum atomic E-state index is -1.04. The molecule has 0 aromatic carbocycles. The Morgan fingerprint density at radius 3 is 2.65 bits per heavy atom. The Labute approximate surface area is 120 Å². The number of fused-ring (bicyclic) bond motifs is 1. The number of esters is 1. The second-order valence-electron chi connectivity index (χ2n) is 6.89. The van der Waals surface area contributed by atoms with E-state index in [1.165, 1.54) is 18.5 Å². The number of hydrogen-bond donors (Lipinski definition) is 1. The molecular weight excluding hydrogens is 254 g/mol. The smallest absolute Gasteiger partial charge is 0.328 e. The predicted octanol–water partition coefficient (Wildman–Crippen LogP) is 1.82. The summed E-state index contributed by atoms with van der Waals surface area (Å²) in [5.74, 6) is -0.372. The lowest BCUT2D eigenvalue weighted by Gasteiger charge is -2.29. The van der Waals surface area contributed by atoms with Crippen molar-refractivity contribution in [1.29, 1.82) is 0 Å². The van der Waals surface area contributed by atoms with Crippen molar-refractivity contribution in [3.63, 3.8) is 0 Å². The highest BCUT2D eigenvalue weighted by molar-refractivity contribution is 5.80. The molecule has 0 aliphatic heterocycles. The van der Waals surface area contributed by atoms with Gasteiger partial charge in [-0.25, -0.2) is 9.78 Å². The molecule has 0 saturated heterocycles. The van der Waals surface area contributed by atoms with Gasteiger partial charge in [0.05, 0.1) is 18.6 Å². The van der Waals surface area contributed by atoms with Gasteiger partial charge in [0.15, 0.2) is 0 Å². The Hall–Kier alpha value is -1.36. The van der Waals surface area contributed by atoms with Gasteiger partial charge in [-0.2, -0.15) is 0 Å². The SMILES string of the molecule is CC(C)(C)OC(=O)C(C)(N)Cn1cnc2c1CCCC2. The first-order valence-electron chi connectivity index (χ1n) is 7.24. The van der Waals surface area contributed by atoms with Crippen molar-refractivity contribution < 1.29 is 9.53 Å². The van der Waals surface area contributed by atoms with Crippen molar-refractivity contribution in [3.8, 4) is 0 Å². The van der Waals surface area contributed by atoms with Gasteiger partial charge in [0, 0.05) is 5.69 Å². The van der Waals surface area contributed by atoms with E-state index < -0.39 is 11.1 Å². The first kappa shape index (κ1) is 15.0. The van der Waals surface area contributed by atoms with Crippen LogP contribution in [0.1, 0.15) is 51.9 Å². The highest BCUT2D eigenvalue weighted by atomic mass is 16.6. The lowest BCUT2D eigenvalue weighted by atomic mass is 9.99. The molecule has 0 radical (unpaired) electrons. The van der Waals surface area contributed by atoms with Crippen LogP contribution in [0.2, 0.25) is 0 Å². The van der Waals surface area contributed by atoms with Crippen LogP contribution >= 0.6 is 0 Å². The third-order valence-corrected chi connectivity index (χ3v) is 3.47. The summed E-state index contributed by atoms with van der Waals surface area (Å²) >= 11 is 0. The Bertz CT molecular complexity index is 498. The van der Waals surface area contributed by atoms with Crippen LogP contribution in [0, 0.1) is 0 Å². The van der Waals surface area contributed by atoms with Crippen LogP contribution in [-0.2, 0) is 28.9 Å². The second kappa shape index (κ2) is 5.20. The Morgan fingerprint density at radius 2 is 2.00 bits per heavy atom. The lowest BCUT2D eigenvalue weighted by Crippen LogP contribution is -2.51. The van der Waals surface area contributed by atoms with Gasteiger partial charge in [-0.1, -0.05) is 0 Å². The van der Waals surface area contributed by atoms with E-state index >= 15 is 0 Å². The summed E-state index contributed by atoms with van der Waals surface area (Å²) in [6, 6.07) is 0. The average Bonchev–Trinajstić information content (AvgIpc) is 2.70. The summed E-state index contributed by atoms with van der Waals surface area (Å²) in [4.78, 5) is 16.6. The molecule has 5 heteroatoms. The van der Waals surface area contributed by atoms with Gasteiger partial charge in [-0.15, -0.1) is 0 Å². The van der Waals surface area contributed by atoms with E-state index in [9.17, 15) is 4.79 Å². The van der Waals surface area contributed by atoms with Crippen molar-refractivity contribution in [2.24, 2.45) is 5.73 Å². The van der Waals surface area contributed by atoms with Crippen molar-refractivity contribution in [2.75, 3.05) is 0 Å². The molecule has 1 aliphatic carbocycles. The standard InChI is InChI=1S/C15H25N3O2/c1-14(2,3)20-13(19)15(4,16)9-18-10-17-11-7-5-6-8-12(11)18/h10H,5-9,16H2,1-4H3. The van der Waals surface area contributed by atoms with Gasteiger partial charge in [0.1, 0.15) is 11.1 Å². The summed E-state index contributed by atoms with van der Waals surface area (Å²) < 4.78 is 7.41. The zero-order chi connectivity index (χ0) is 15.0. The van der Waals surface area contributed by atoms with E-state index in [4.69, 9.17) is 10.5 Å². The van der Waals surface area contributed by atoms with E-state index in [-0.39, 0.29) is 5.97 Å². The summed E-state index contributed by atoms with van der Waals surface area (Å²) in [6.45, 7) is 7.67. The minimum Gasteiger partial charge on any atom is -0.459 e. The zero-order valence-corrected chi connectivity index (χ0v) is 12.9. The molecule has 1 aliphatic rings. The van der Waals surface area contributed by atoms with Crippen LogP contribution in [0.5, 0.6) is 0 Å². The van der Waals surface area contributed by atoms with Gasteiger partial charge in [-0.3, -0.25) is 0 Å². The van der Waals surface area contributed by atoms with Crippen LogP contribution < -0.4 is 5.73 Å². The number of imidazole rings is 1. The number of nitrogens with two attached hydrogens (primary N) is 1. The number of nitrogens with zero attached hydrogens (tertiary/aromatic N) is 2. The minimum absolute atomic E-state index is 0.372. The van der Waals surface area contributed by atoms with Crippen molar-refractivity contribution in [1.82, 2.24) is 9.55 Å². The Kier molecular flexibility index (Phi) is 3.91.